The van der Waals surface area contributed by atoms with Crippen molar-refractivity contribution in [2.75, 3.05) is 20.1 Å². The summed E-state index contributed by atoms with van der Waals surface area (Å²) >= 11 is 0. The minimum atomic E-state index is -1.09. The Hall–Kier alpha value is -3.30. The monoisotopic (exact) mass is 392 g/mol. The van der Waals surface area contributed by atoms with Crippen LogP contribution < -0.4 is 22.1 Å². The van der Waals surface area contributed by atoms with Gasteiger partial charge in [-0.25, -0.2) is 4.79 Å². The van der Waals surface area contributed by atoms with E-state index in [0.717, 1.165) is 4.90 Å². The van der Waals surface area contributed by atoms with Crippen LogP contribution in [0.1, 0.15) is 30.1 Å². The highest BCUT2D eigenvalue weighted by molar-refractivity contribution is 5.97. The number of nitrogens with one attached hydrogen (secondary N) is 2. The molecule has 0 aromatic heterocycles. The molecule has 1 aromatic carbocycles. The largest absolute Gasteiger partial charge is 0.465 e. The lowest BCUT2D eigenvalue weighted by Crippen LogP contribution is -2.50. The molecule has 0 aliphatic carbocycles. The van der Waals surface area contributed by atoms with Crippen molar-refractivity contribution in [3.8, 4) is 0 Å². The SMILES string of the molecule is CC(CNC(=O)C(CCCN=C(N)N)NC(=O)c1ccccc1)N(C)C(=O)O. The van der Waals surface area contributed by atoms with Crippen molar-refractivity contribution in [1.29, 1.82) is 0 Å². The fourth-order valence-electron chi connectivity index (χ4n) is 2.30. The molecule has 28 heavy (non-hydrogen) atoms. The van der Waals surface area contributed by atoms with Crippen molar-refractivity contribution in [2.24, 2.45) is 16.5 Å². The number of amides is 3. The van der Waals surface area contributed by atoms with Gasteiger partial charge in [0.2, 0.25) is 5.91 Å². The molecule has 0 radical (unpaired) electrons. The van der Waals surface area contributed by atoms with E-state index in [-0.39, 0.29) is 18.4 Å². The van der Waals surface area contributed by atoms with Crippen LogP contribution in [-0.4, -0.2) is 66.1 Å². The summed E-state index contributed by atoms with van der Waals surface area (Å²) < 4.78 is 0. The van der Waals surface area contributed by atoms with Gasteiger partial charge in [0.25, 0.3) is 5.91 Å². The Morgan fingerprint density at radius 1 is 1.21 bits per heavy atom. The van der Waals surface area contributed by atoms with Gasteiger partial charge in [0.1, 0.15) is 6.04 Å². The number of carboxylic acid groups (broad SMARTS) is 1. The predicted octanol–water partition coefficient (Wildman–Crippen LogP) is -0.0469. The predicted molar refractivity (Wildman–Crippen MR) is 106 cm³/mol. The number of benzene rings is 1. The maximum atomic E-state index is 12.6. The number of nitrogens with zero attached hydrogens (tertiary/aromatic N) is 2. The summed E-state index contributed by atoms with van der Waals surface area (Å²) in [6, 6.07) is 7.31. The number of aliphatic imine (C=N–C) groups is 1. The van der Waals surface area contributed by atoms with Crippen LogP contribution in [0.2, 0.25) is 0 Å². The maximum absolute atomic E-state index is 12.6. The Labute approximate surface area is 164 Å². The van der Waals surface area contributed by atoms with Gasteiger partial charge in [-0.15, -0.1) is 0 Å². The molecule has 0 fully saturated rings. The zero-order chi connectivity index (χ0) is 21.1. The summed E-state index contributed by atoms with van der Waals surface area (Å²) in [4.78, 5) is 40.9. The second kappa shape index (κ2) is 11.4. The van der Waals surface area contributed by atoms with Gasteiger partial charge in [0.15, 0.2) is 5.96 Å². The molecule has 0 spiro atoms. The molecule has 154 valence electrons. The molecule has 7 N–H and O–H groups in total. The van der Waals surface area contributed by atoms with Crippen molar-refractivity contribution < 1.29 is 19.5 Å². The van der Waals surface area contributed by atoms with Gasteiger partial charge in [-0.3, -0.25) is 14.6 Å². The number of nitrogens with two attached hydrogens (primary N) is 2. The smallest absolute Gasteiger partial charge is 0.407 e. The molecule has 1 rings (SSSR count). The molecule has 0 bridgehead atoms. The Morgan fingerprint density at radius 3 is 2.43 bits per heavy atom. The lowest BCUT2D eigenvalue weighted by molar-refractivity contribution is -0.123. The van der Waals surface area contributed by atoms with Gasteiger partial charge < -0.3 is 32.1 Å². The Balaban J connectivity index is 2.72. The van der Waals surface area contributed by atoms with Gasteiger partial charge >= 0.3 is 6.09 Å². The molecule has 10 heteroatoms. The summed E-state index contributed by atoms with van der Waals surface area (Å²) in [6.45, 7) is 2.11. The molecule has 10 nitrogen and oxygen atoms in total. The van der Waals surface area contributed by atoms with Crippen LogP contribution in [0.5, 0.6) is 0 Å². The molecule has 2 unspecified atom stereocenters. The summed E-state index contributed by atoms with van der Waals surface area (Å²) in [6.07, 6.45) is -0.284. The van der Waals surface area contributed by atoms with Crippen LogP contribution >= 0.6 is 0 Å². The van der Waals surface area contributed by atoms with Crippen molar-refractivity contribution >= 4 is 23.9 Å². The number of guanidine groups is 1. The third-order valence-electron chi connectivity index (χ3n) is 4.14. The Bertz CT molecular complexity index is 691. The van der Waals surface area contributed by atoms with Gasteiger partial charge in [-0.1, -0.05) is 18.2 Å². The second-order valence-corrected chi connectivity index (χ2v) is 6.33. The molecule has 1 aromatic rings. The van der Waals surface area contributed by atoms with E-state index in [1.807, 2.05) is 0 Å². The lowest BCUT2D eigenvalue weighted by Gasteiger charge is -2.24. The molecule has 0 aliphatic heterocycles. The van der Waals surface area contributed by atoms with Crippen molar-refractivity contribution in [3.05, 3.63) is 35.9 Å². The number of carbonyl (C=O) groups excluding carboxylic acids is 2. The summed E-state index contributed by atoms with van der Waals surface area (Å²) in [5.74, 6) is -0.822. The summed E-state index contributed by atoms with van der Waals surface area (Å²) in [7, 11) is 1.42. The fraction of sp³-hybridized carbons (Fsp3) is 0.444. The first-order chi connectivity index (χ1) is 13.2. The van der Waals surface area contributed by atoms with E-state index in [1.165, 1.54) is 7.05 Å². The van der Waals surface area contributed by atoms with Crippen LogP contribution in [0.25, 0.3) is 0 Å². The van der Waals surface area contributed by atoms with E-state index >= 15 is 0 Å². The highest BCUT2D eigenvalue weighted by Crippen LogP contribution is 2.04. The van der Waals surface area contributed by atoms with E-state index in [1.54, 1.807) is 37.3 Å². The van der Waals surface area contributed by atoms with Gasteiger partial charge in [-0.2, -0.15) is 0 Å². The average molecular weight is 392 g/mol. The normalized spacial score (nSPS) is 12.4. The molecule has 3 amide bonds. The van der Waals surface area contributed by atoms with Gasteiger partial charge in [0, 0.05) is 31.7 Å². The molecule has 0 saturated carbocycles. The van der Waals surface area contributed by atoms with Crippen LogP contribution in [0.3, 0.4) is 0 Å². The van der Waals surface area contributed by atoms with E-state index in [4.69, 9.17) is 16.6 Å². The van der Waals surface area contributed by atoms with Crippen molar-refractivity contribution in [2.45, 2.75) is 31.8 Å². The van der Waals surface area contributed by atoms with Crippen LogP contribution in [0.4, 0.5) is 4.79 Å². The van der Waals surface area contributed by atoms with Gasteiger partial charge in [0.05, 0.1) is 0 Å². The molecule has 2 atom stereocenters. The van der Waals surface area contributed by atoms with E-state index in [0.29, 0.717) is 24.9 Å². The zero-order valence-electron chi connectivity index (χ0n) is 16.1. The fourth-order valence-corrected chi connectivity index (χ4v) is 2.30. The standard InChI is InChI=1S/C18H28N6O4/c1-12(24(2)18(27)28)11-22-16(26)14(9-6-10-21-17(19)20)23-15(25)13-7-4-3-5-8-13/h3-5,7-8,12,14H,6,9-11H2,1-2H3,(H,22,26)(H,23,25)(H,27,28)(H4,19,20,21). The molecule has 0 aliphatic rings. The topological polar surface area (TPSA) is 163 Å². The number of hydrogen-bond donors (Lipinski definition) is 5. The third-order valence-corrected chi connectivity index (χ3v) is 4.14. The number of carbonyl (C=O) groups is 3. The second-order valence-electron chi connectivity index (χ2n) is 6.33. The zero-order valence-corrected chi connectivity index (χ0v) is 16.1. The molecule has 0 heterocycles. The minimum Gasteiger partial charge on any atom is -0.465 e. The van der Waals surface area contributed by atoms with Crippen LogP contribution in [-0.2, 0) is 4.79 Å². The first-order valence-corrected chi connectivity index (χ1v) is 8.87. The average Bonchev–Trinajstić information content (AvgIpc) is 2.67. The van der Waals surface area contributed by atoms with Crippen molar-refractivity contribution in [3.63, 3.8) is 0 Å². The molecular weight excluding hydrogens is 364 g/mol. The van der Waals surface area contributed by atoms with E-state index < -0.39 is 24.1 Å². The third kappa shape index (κ3) is 7.94. The number of hydrogen-bond acceptors (Lipinski definition) is 4. The van der Waals surface area contributed by atoms with Crippen LogP contribution in [0, 0.1) is 0 Å². The number of likely N-dealkylation sites (N-methyl/N-ethyl adjacent to an activating group) is 1. The lowest BCUT2D eigenvalue weighted by atomic mass is 10.1. The Kier molecular flexibility index (Phi) is 9.28. The quantitative estimate of drug-likeness (QED) is 0.213. The van der Waals surface area contributed by atoms with Crippen molar-refractivity contribution in [1.82, 2.24) is 15.5 Å². The molecule has 0 saturated heterocycles. The van der Waals surface area contributed by atoms with E-state index in [9.17, 15) is 14.4 Å². The molecular formula is C18H28N6O4. The first kappa shape index (κ1) is 22.7. The highest BCUT2D eigenvalue weighted by Gasteiger charge is 2.22. The number of rotatable bonds is 10. The summed E-state index contributed by atoms with van der Waals surface area (Å²) in [5, 5.41) is 14.4. The van der Waals surface area contributed by atoms with E-state index in [2.05, 4.69) is 15.6 Å². The van der Waals surface area contributed by atoms with Crippen LogP contribution in [0.15, 0.2) is 35.3 Å². The Morgan fingerprint density at radius 2 is 1.86 bits per heavy atom. The minimum absolute atomic E-state index is 0.0418. The maximum Gasteiger partial charge on any atom is 0.407 e. The summed E-state index contributed by atoms with van der Waals surface area (Å²) in [5.41, 5.74) is 11.0. The highest BCUT2D eigenvalue weighted by atomic mass is 16.4. The first-order valence-electron chi connectivity index (χ1n) is 8.87. The van der Waals surface area contributed by atoms with Gasteiger partial charge in [-0.05, 0) is 31.9 Å².